The highest BCUT2D eigenvalue weighted by molar-refractivity contribution is 6.33. The average molecular weight is 337 g/mol. The molecule has 1 amide bonds. The monoisotopic (exact) mass is 336 g/mol. The second kappa shape index (κ2) is 7.65. The Labute approximate surface area is 143 Å². The van der Waals surface area contributed by atoms with E-state index in [1.54, 1.807) is 19.2 Å². The minimum atomic E-state index is 0.0460. The van der Waals surface area contributed by atoms with Crippen molar-refractivity contribution in [2.45, 2.75) is 37.8 Å². The van der Waals surface area contributed by atoms with Crippen molar-refractivity contribution in [3.63, 3.8) is 0 Å². The molecule has 4 nitrogen and oxygen atoms in total. The van der Waals surface area contributed by atoms with Gasteiger partial charge in [-0.05, 0) is 43.7 Å². The molecule has 5 heteroatoms. The first-order valence-corrected chi connectivity index (χ1v) is 8.85. The number of benzene rings is 1. The summed E-state index contributed by atoms with van der Waals surface area (Å²) in [7, 11) is 1.77. The summed E-state index contributed by atoms with van der Waals surface area (Å²) in [6, 6.07) is 8.23. The van der Waals surface area contributed by atoms with E-state index in [4.69, 9.17) is 16.3 Å². The zero-order valence-electron chi connectivity index (χ0n) is 13.6. The molecule has 3 rings (SSSR count). The van der Waals surface area contributed by atoms with E-state index in [2.05, 4.69) is 5.32 Å². The number of nitrogens with one attached hydrogen (secondary N) is 1. The molecule has 1 aromatic carbocycles. The number of carbonyl (C=O) groups excluding carboxylic acids is 1. The SMILES string of the molecule is COC[C@@H](NC1CCN(C(=O)c2ccccc2Cl)CC1)C1CC1. The Morgan fingerprint density at radius 3 is 2.61 bits per heavy atom. The molecule has 0 spiro atoms. The van der Waals surface area contributed by atoms with E-state index in [1.807, 2.05) is 17.0 Å². The molecule has 0 bridgehead atoms. The maximum absolute atomic E-state index is 12.6. The van der Waals surface area contributed by atoms with Crippen molar-refractivity contribution < 1.29 is 9.53 Å². The van der Waals surface area contributed by atoms with Crippen molar-refractivity contribution >= 4 is 17.5 Å². The van der Waals surface area contributed by atoms with Crippen molar-refractivity contribution in [1.82, 2.24) is 10.2 Å². The van der Waals surface area contributed by atoms with Crippen LogP contribution in [0.4, 0.5) is 0 Å². The third-order valence-corrected chi connectivity index (χ3v) is 5.20. The number of piperidine rings is 1. The van der Waals surface area contributed by atoms with Crippen LogP contribution in [0.5, 0.6) is 0 Å². The van der Waals surface area contributed by atoms with E-state index < -0.39 is 0 Å². The highest BCUT2D eigenvalue weighted by Gasteiger charge is 2.33. The molecule has 23 heavy (non-hydrogen) atoms. The summed E-state index contributed by atoms with van der Waals surface area (Å²) < 4.78 is 5.34. The fraction of sp³-hybridized carbons (Fsp3) is 0.611. The second-order valence-electron chi connectivity index (χ2n) is 6.61. The number of ether oxygens (including phenoxy) is 1. The number of likely N-dealkylation sites (tertiary alicyclic amines) is 1. The molecule has 1 aliphatic carbocycles. The van der Waals surface area contributed by atoms with E-state index in [9.17, 15) is 4.79 Å². The van der Waals surface area contributed by atoms with E-state index in [0.717, 1.165) is 38.5 Å². The lowest BCUT2D eigenvalue weighted by Crippen LogP contribution is -2.49. The van der Waals surface area contributed by atoms with Crippen molar-refractivity contribution in [1.29, 1.82) is 0 Å². The van der Waals surface area contributed by atoms with Gasteiger partial charge in [-0.2, -0.15) is 0 Å². The van der Waals surface area contributed by atoms with Gasteiger partial charge in [-0.15, -0.1) is 0 Å². The molecule has 0 aromatic heterocycles. The zero-order chi connectivity index (χ0) is 16.2. The quantitative estimate of drug-likeness (QED) is 0.868. The smallest absolute Gasteiger partial charge is 0.255 e. The van der Waals surface area contributed by atoms with Gasteiger partial charge in [-0.1, -0.05) is 23.7 Å². The van der Waals surface area contributed by atoms with Gasteiger partial charge in [0.05, 0.1) is 17.2 Å². The highest BCUT2D eigenvalue weighted by Crippen LogP contribution is 2.33. The minimum absolute atomic E-state index is 0.0460. The number of amides is 1. The molecule has 1 saturated heterocycles. The Morgan fingerprint density at radius 1 is 1.30 bits per heavy atom. The lowest BCUT2D eigenvalue weighted by molar-refractivity contribution is 0.0690. The normalized spacial score (nSPS) is 20.5. The molecule has 1 atom stereocenters. The van der Waals surface area contributed by atoms with E-state index >= 15 is 0 Å². The van der Waals surface area contributed by atoms with E-state index in [-0.39, 0.29) is 5.91 Å². The van der Waals surface area contributed by atoms with Gasteiger partial charge in [0.1, 0.15) is 0 Å². The first-order valence-electron chi connectivity index (χ1n) is 8.48. The van der Waals surface area contributed by atoms with Crippen LogP contribution in [-0.2, 0) is 4.74 Å². The summed E-state index contributed by atoms with van der Waals surface area (Å²) in [6.45, 7) is 2.35. The first-order chi connectivity index (χ1) is 11.2. The number of nitrogens with zero attached hydrogens (tertiary/aromatic N) is 1. The topological polar surface area (TPSA) is 41.6 Å². The molecular weight excluding hydrogens is 312 g/mol. The van der Waals surface area contributed by atoms with Crippen LogP contribution in [-0.4, -0.2) is 49.7 Å². The van der Waals surface area contributed by atoms with Crippen molar-refractivity contribution in [2.75, 3.05) is 26.8 Å². The number of methoxy groups -OCH3 is 1. The van der Waals surface area contributed by atoms with Gasteiger partial charge >= 0.3 is 0 Å². The Kier molecular flexibility index (Phi) is 5.57. The summed E-state index contributed by atoms with van der Waals surface area (Å²) in [5.41, 5.74) is 0.607. The molecule has 1 aromatic rings. The van der Waals surface area contributed by atoms with Crippen LogP contribution in [0.1, 0.15) is 36.0 Å². The Hall–Kier alpha value is -1.10. The largest absolute Gasteiger partial charge is 0.383 e. The van der Waals surface area contributed by atoms with Crippen LogP contribution in [0.2, 0.25) is 5.02 Å². The van der Waals surface area contributed by atoms with Gasteiger partial charge in [-0.25, -0.2) is 0 Å². The maximum atomic E-state index is 12.6. The van der Waals surface area contributed by atoms with Gasteiger partial charge in [0.2, 0.25) is 0 Å². The fourth-order valence-corrected chi connectivity index (χ4v) is 3.57. The molecule has 1 heterocycles. The van der Waals surface area contributed by atoms with Crippen molar-refractivity contribution in [2.24, 2.45) is 5.92 Å². The van der Waals surface area contributed by atoms with Crippen LogP contribution in [0.25, 0.3) is 0 Å². The average Bonchev–Trinajstić information content (AvgIpc) is 3.40. The van der Waals surface area contributed by atoms with Crippen LogP contribution >= 0.6 is 11.6 Å². The Balaban J connectivity index is 1.52. The molecule has 1 aliphatic heterocycles. The number of carbonyl (C=O) groups is 1. The predicted octanol–water partition coefficient (Wildman–Crippen LogP) is 2.96. The van der Waals surface area contributed by atoms with Gasteiger partial charge < -0.3 is 15.0 Å². The van der Waals surface area contributed by atoms with E-state index in [1.165, 1.54) is 12.8 Å². The minimum Gasteiger partial charge on any atom is -0.383 e. The molecular formula is C18H25ClN2O2. The van der Waals surface area contributed by atoms with Crippen LogP contribution in [0.3, 0.4) is 0 Å². The summed E-state index contributed by atoms with van der Waals surface area (Å²) in [5.74, 6) is 0.822. The number of hydrogen-bond donors (Lipinski definition) is 1. The summed E-state index contributed by atoms with van der Waals surface area (Å²) >= 11 is 6.14. The third-order valence-electron chi connectivity index (χ3n) is 4.87. The molecule has 0 unspecified atom stereocenters. The highest BCUT2D eigenvalue weighted by atomic mass is 35.5. The first kappa shape index (κ1) is 16.7. The zero-order valence-corrected chi connectivity index (χ0v) is 14.4. The Bertz CT molecular complexity index is 540. The number of hydrogen-bond acceptors (Lipinski definition) is 3. The van der Waals surface area contributed by atoms with Gasteiger partial charge in [0.15, 0.2) is 0 Å². The molecule has 1 saturated carbocycles. The van der Waals surface area contributed by atoms with Gasteiger partial charge in [0.25, 0.3) is 5.91 Å². The third kappa shape index (κ3) is 4.25. The van der Waals surface area contributed by atoms with Gasteiger partial charge in [0, 0.05) is 32.3 Å². The standard InChI is InChI=1S/C18H25ClN2O2/c1-23-12-17(13-6-7-13)20-14-8-10-21(11-9-14)18(22)15-4-2-3-5-16(15)19/h2-5,13-14,17,20H,6-12H2,1H3/t17-/m1/s1. The van der Waals surface area contributed by atoms with E-state index in [0.29, 0.717) is 22.7 Å². The van der Waals surface area contributed by atoms with Crippen molar-refractivity contribution in [3.8, 4) is 0 Å². The molecule has 1 N–H and O–H groups in total. The van der Waals surface area contributed by atoms with Crippen LogP contribution in [0.15, 0.2) is 24.3 Å². The molecule has 0 radical (unpaired) electrons. The number of halogens is 1. The van der Waals surface area contributed by atoms with Crippen LogP contribution < -0.4 is 5.32 Å². The molecule has 2 fully saturated rings. The Morgan fingerprint density at radius 2 is 2.00 bits per heavy atom. The lowest BCUT2D eigenvalue weighted by atomic mass is 10.0. The fourth-order valence-electron chi connectivity index (χ4n) is 3.36. The lowest BCUT2D eigenvalue weighted by Gasteiger charge is -2.34. The maximum Gasteiger partial charge on any atom is 0.255 e. The van der Waals surface area contributed by atoms with Crippen molar-refractivity contribution in [3.05, 3.63) is 34.9 Å². The molecule has 2 aliphatic rings. The van der Waals surface area contributed by atoms with Gasteiger partial charge in [-0.3, -0.25) is 4.79 Å². The summed E-state index contributed by atoms with van der Waals surface area (Å²) in [5, 5.41) is 4.27. The summed E-state index contributed by atoms with van der Waals surface area (Å²) in [6.07, 6.45) is 4.60. The number of rotatable bonds is 6. The molecule has 126 valence electrons. The summed E-state index contributed by atoms with van der Waals surface area (Å²) in [4.78, 5) is 14.5. The van der Waals surface area contributed by atoms with Crippen LogP contribution in [0, 0.1) is 5.92 Å². The predicted molar refractivity (Wildman–Crippen MR) is 91.9 cm³/mol. The second-order valence-corrected chi connectivity index (χ2v) is 7.02.